The van der Waals surface area contributed by atoms with Crippen molar-refractivity contribution in [2.24, 2.45) is 0 Å². The fraction of sp³-hybridized carbons (Fsp3) is 0.467. The molecule has 3 heteroatoms. The number of hydrogen-bond acceptors (Lipinski definition) is 3. The van der Waals surface area contributed by atoms with Crippen molar-refractivity contribution in [3.8, 4) is 17.6 Å². The zero-order valence-electron chi connectivity index (χ0n) is 11.0. The number of para-hydroxylation sites is 1. The molecule has 0 aliphatic heterocycles. The van der Waals surface area contributed by atoms with Gasteiger partial charge in [0.25, 0.3) is 0 Å². The minimum absolute atomic E-state index is 0.420. The normalized spacial score (nSPS) is 9.94. The quantitative estimate of drug-likeness (QED) is 0.422. The van der Waals surface area contributed by atoms with Crippen LogP contribution < -0.4 is 4.74 Å². The van der Waals surface area contributed by atoms with Crippen LogP contribution in [0.3, 0.4) is 0 Å². The number of rotatable bonds is 7. The van der Waals surface area contributed by atoms with Crippen LogP contribution in [0.5, 0.6) is 5.75 Å². The summed E-state index contributed by atoms with van der Waals surface area (Å²) in [4.78, 5) is 0. The summed E-state index contributed by atoms with van der Waals surface area (Å²) >= 11 is 0. The van der Waals surface area contributed by atoms with Crippen LogP contribution in [-0.2, 0) is 9.47 Å². The summed E-state index contributed by atoms with van der Waals surface area (Å²) < 4.78 is 16.1. The maximum atomic E-state index is 5.52. The topological polar surface area (TPSA) is 27.7 Å². The van der Waals surface area contributed by atoms with Gasteiger partial charge in [0.2, 0.25) is 6.29 Å². The van der Waals surface area contributed by atoms with E-state index in [0.29, 0.717) is 26.2 Å². The van der Waals surface area contributed by atoms with Gasteiger partial charge >= 0.3 is 0 Å². The van der Waals surface area contributed by atoms with E-state index in [0.717, 1.165) is 5.75 Å². The minimum atomic E-state index is -0.420. The van der Waals surface area contributed by atoms with Gasteiger partial charge in [-0.2, -0.15) is 0 Å². The molecular formula is C15H20O3. The molecule has 0 atom stereocenters. The molecule has 3 nitrogen and oxygen atoms in total. The van der Waals surface area contributed by atoms with Crippen LogP contribution in [0.25, 0.3) is 0 Å². The molecule has 1 rings (SSSR count). The Labute approximate surface area is 109 Å². The molecule has 1 aromatic rings. The molecule has 0 saturated carbocycles. The summed E-state index contributed by atoms with van der Waals surface area (Å²) in [6, 6.07) is 9.71. The number of ether oxygens (including phenoxy) is 3. The van der Waals surface area contributed by atoms with Crippen molar-refractivity contribution in [1.29, 1.82) is 0 Å². The van der Waals surface area contributed by atoms with Crippen LogP contribution in [0.15, 0.2) is 30.3 Å². The van der Waals surface area contributed by atoms with Crippen LogP contribution in [0.2, 0.25) is 0 Å². The molecule has 0 aliphatic carbocycles. The average Bonchev–Trinajstić information content (AvgIpc) is 2.40. The van der Waals surface area contributed by atoms with Gasteiger partial charge in [-0.3, -0.25) is 0 Å². The number of benzene rings is 1. The van der Waals surface area contributed by atoms with Gasteiger partial charge in [-0.15, -0.1) is 0 Å². The van der Waals surface area contributed by atoms with Crippen molar-refractivity contribution in [3.63, 3.8) is 0 Å². The molecular weight excluding hydrogens is 228 g/mol. The monoisotopic (exact) mass is 248 g/mol. The van der Waals surface area contributed by atoms with Gasteiger partial charge in [-0.25, -0.2) is 0 Å². The van der Waals surface area contributed by atoms with Gasteiger partial charge in [-0.1, -0.05) is 24.1 Å². The molecule has 0 amide bonds. The summed E-state index contributed by atoms with van der Waals surface area (Å²) in [7, 11) is 0. The van der Waals surface area contributed by atoms with Gasteiger partial charge in [-0.05, 0) is 31.9 Å². The molecule has 0 N–H and O–H groups in total. The molecule has 1 aromatic carbocycles. The first kappa shape index (κ1) is 14.6. The fourth-order valence-corrected chi connectivity index (χ4v) is 1.33. The molecule has 0 radical (unpaired) electrons. The third-order valence-corrected chi connectivity index (χ3v) is 2.09. The Morgan fingerprint density at radius 2 is 1.72 bits per heavy atom. The first-order valence-electron chi connectivity index (χ1n) is 6.26. The number of hydrogen-bond donors (Lipinski definition) is 0. The lowest BCUT2D eigenvalue weighted by Crippen LogP contribution is -2.14. The average molecular weight is 248 g/mol. The van der Waals surface area contributed by atoms with E-state index >= 15 is 0 Å². The second-order valence-electron chi connectivity index (χ2n) is 3.48. The molecule has 0 heterocycles. The lowest BCUT2D eigenvalue weighted by Gasteiger charge is -2.09. The van der Waals surface area contributed by atoms with Crippen LogP contribution in [0.1, 0.15) is 20.3 Å². The third-order valence-electron chi connectivity index (χ3n) is 2.09. The van der Waals surface area contributed by atoms with E-state index in [1.165, 1.54) is 0 Å². The van der Waals surface area contributed by atoms with E-state index in [1.54, 1.807) is 0 Å². The highest BCUT2D eigenvalue weighted by Gasteiger charge is 2.00. The molecule has 0 unspecified atom stereocenters. The van der Waals surface area contributed by atoms with Gasteiger partial charge in [0.1, 0.15) is 5.75 Å². The molecule has 0 saturated heterocycles. The Kier molecular flexibility index (Phi) is 7.70. The maximum absolute atomic E-state index is 5.52. The van der Waals surface area contributed by atoms with Gasteiger partial charge in [0.15, 0.2) is 0 Å². The minimum Gasteiger partial charge on any atom is -0.493 e. The molecule has 0 fully saturated rings. The third kappa shape index (κ3) is 6.29. The van der Waals surface area contributed by atoms with E-state index in [2.05, 4.69) is 11.8 Å². The molecule has 0 bridgehead atoms. The van der Waals surface area contributed by atoms with E-state index in [4.69, 9.17) is 14.2 Å². The second kappa shape index (κ2) is 9.52. The Balaban J connectivity index is 2.24. The summed E-state index contributed by atoms with van der Waals surface area (Å²) in [6.07, 6.45) is 0.239. The predicted molar refractivity (Wildman–Crippen MR) is 71.4 cm³/mol. The Morgan fingerprint density at radius 1 is 1.06 bits per heavy atom. The lowest BCUT2D eigenvalue weighted by atomic mass is 10.3. The van der Waals surface area contributed by atoms with Crippen LogP contribution in [0.4, 0.5) is 0 Å². The summed E-state index contributed by atoms with van der Waals surface area (Å²) in [5.41, 5.74) is 0. The molecule has 0 spiro atoms. The molecule has 0 aromatic heterocycles. The van der Waals surface area contributed by atoms with Crippen molar-refractivity contribution in [1.82, 2.24) is 0 Å². The first-order chi connectivity index (χ1) is 8.86. The van der Waals surface area contributed by atoms with Crippen LogP contribution in [0, 0.1) is 11.8 Å². The van der Waals surface area contributed by atoms with Gasteiger partial charge in [0.05, 0.1) is 6.61 Å². The van der Waals surface area contributed by atoms with E-state index in [1.807, 2.05) is 44.2 Å². The lowest BCUT2D eigenvalue weighted by molar-refractivity contribution is -0.0970. The summed E-state index contributed by atoms with van der Waals surface area (Å²) in [5, 5.41) is 0. The summed E-state index contributed by atoms with van der Waals surface area (Å²) in [6.45, 7) is 5.61. The highest BCUT2D eigenvalue weighted by Crippen LogP contribution is 2.08. The van der Waals surface area contributed by atoms with Crippen molar-refractivity contribution < 1.29 is 14.2 Å². The highest BCUT2D eigenvalue weighted by atomic mass is 16.7. The van der Waals surface area contributed by atoms with Crippen LogP contribution >= 0.6 is 0 Å². The predicted octanol–water partition coefficient (Wildman–Crippen LogP) is 2.86. The Morgan fingerprint density at radius 3 is 2.33 bits per heavy atom. The Bertz CT molecular complexity index is 358. The highest BCUT2D eigenvalue weighted by molar-refractivity contribution is 5.20. The van der Waals surface area contributed by atoms with Crippen molar-refractivity contribution in [2.75, 3.05) is 19.8 Å². The van der Waals surface area contributed by atoms with Crippen molar-refractivity contribution in [3.05, 3.63) is 30.3 Å². The molecule has 0 aliphatic rings. The Hall–Kier alpha value is -1.50. The van der Waals surface area contributed by atoms with E-state index in [-0.39, 0.29) is 0 Å². The van der Waals surface area contributed by atoms with Crippen molar-refractivity contribution in [2.45, 2.75) is 26.6 Å². The van der Waals surface area contributed by atoms with E-state index in [9.17, 15) is 0 Å². The SMILES string of the molecule is CCOC(C#CCCOc1ccccc1)OCC. The standard InChI is InChI=1S/C15H20O3/c1-3-16-15(17-4-2)12-8-9-13-18-14-10-6-5-7-11-14/h5-7,10-11,15H,3-4,9,13H2,1-2H3. The zero-order valence-corrected chi connectivity index (χ0v) is 11.0. The van der Waals surface area contributed by atoms with Crippen LogP contribution in [-0.4, -0.2) is 26.1 Å². The first-order valence-corrected chi connectivity index (χ1v) is 6.26. The smallest absolute Gasteiger partial charge is 0.222 e. The molecule has 18 heavy (non-hydrogen) atoms. The zero-order chi connectivity index (χ0) is 13.1. The van der Waals surface area contributed by atoms with E-state index < -0.39 is 6.29 Å². The summed E-state index contributed by atoms with van der Waals surface area (Å²) in [5.74, 6) is 6.80. The van der Waals surface area contributed by atoms with Gasteiger partial charge < -0.3 is 14.2 Å². The largest absolute Gasteiger partial charge is 0.493 e. The maximum Gasteiger partial charge on any atom is 0.222 e. The molecule has 98 valence electrons. The second-order valence-corrected chi connectivity index (χ2v) is 3.48. The van der Waals surface area contributed by atoms with Crippen molar-refractivity contribution >= 4 is 0 Å². The fourth-order valence-electron chi connectivity index (χ4n) is 1.33. The van der Waals surface area contributed by atoms with Gasteiger partial charge in [0, 0.05) is 19.6 Å².